The zero-order valence-corrected chi connectivity index (χ0v) is 17.4. The van der Waals surface area contributed by atoms with Gasteiger partial charge in [-0.15, -0.1) is 24.8 Å². The van der Waals surface area contributed by atoms with E-state index in [9.17, 15) is 9.59 Å². The van der Waals surface area contributed by atoms with E-state index in [1.807, 2.05) is 0 Å². The van der Waals surface area contributed by atoms with Crippen LogP contribution in [-0.2, 0) is 0 Å². The molecule has 0 bridgehead atoms. The fourth-order valence-electron chi connectivity index (χ4n) is 3.04. The maximum absolute atomic E-state index is 12.5. The monoisotopic (exact) mass is 424 g/mol. The second-order valence-electron chi connectivity index (χ2n) is 7.02. The Morgan fingerprint density at radius 3 is 2.46 bits per heavy atom. The smallest absolute Gasteiger partial charge is 0.257 e. The minimum atomic E-state index is -0.252. The number of benzene rings is 1. The Bertz CT molecular complexity index is 781. The normalized spacial score (nSPS) is 14.8. The summed E-state index contributed by atoms with van der Waals surface area (Å²) < 4.78 is 0. The van der Waals surface area contributed by atoms with Gasteiger partial charge in [0.1, 0.15) is 0 Å². The van der Waals surface area contributed by atoms with Crippen molar-refractivity contribution in [3.05, 3.63) is 59.9 Å². The minimum absolute atomic E-state index is 0. The minimum Gasteiger partial charge on any atom is -0.351 e. The van der Waals surface area contributed by atoms with Crippen molar-refractivity contribution in [2.24, 2.45) is 5.41 Å². The lowest BCUT2D eigenvalue weighted by molar-refractivity contribution is 0.0921. The molecule has 2 amide bonds. The van der Waals surface area contributed by atoms with Gasteiger partial charge in [-0.25, -0.2) is 0 Å². The topological polar surface area (TPSA) is 83.1 Å². The van der Waals surface area contributed by atoms with Crippen molar-refractivity contribution in [1.29, 1.82) is 0 Å². The van der Waals surface area contributed by atoms with E-state index in [2.05, 4.69) is 27.9 Å². The van der Waals surface area contributed by atoms with Crippen LogP contribution in [0.4, 0.5) is 5.69 Å². The molecule has 1 aliphatic heterocycles. The molecule has 152 valence electrons. The fraction of sp³-hybridized carbons (Fsp3) is 0.350. The summed E-state index contributed by atoms with van der Waals surface area (Å²) >= 11 is 0. The third-order valence-corrected chi connectivity index (χ3v) is 4.79. The van der Waals surface area contributed by atoms with Crippen molar-refractivity contribution in [2.75, 3.05) is 25.0 Å². The average Bonchev–Trinajstić information content (AvgIpc) is 2.67. The molecule has 1 fully saturated rings. The number of hydrogen-bond acceptors (Lipinski definition) is 4. The number of nitrogens with one attached hydrogen (secondary N) is 3. The van der Waals surface area contributed by atoms with E-state index in [1.165, 1.54) is 6.20 Å². The highest BCUT2D eigenvalue weighted by atomic mass is 35.5. The molecule has 0 saturated carbocycles. The number of carbonyl (C=O) groups is 2. The van der Waals surface area contributed by atoms with Crippen LogP contribution in [0.5, 0.6) is 0 Å². The Morgan fingerprint density at radius 1 is 1.07 bits per heavy atom. The van der Waals surface area contributed by atoms with Gasteiger partial charge >= 0.3 is 0 Å². The standard InChI is InChI=1S/C20H24N4O2.2ClH/c1-20(7-10-21-11-8-20)14-23-18(25)15-4-2-6-17(12-15)24-19(26)16-5-3-9-22-13-16;;/h2-6,9,12-13,21H,7-8,10-11,14H2,1H3,(H,23,25)(H,24,26);2*1H. The number of hydrogen-bond donors (Lipinski definition) is 3. The van der Waals surface area contributed by atoms with E-state index in [0.717, 1.165) is 25.9 Å². The maximum Gasteiger partial charge on any atom is 0.257 e. The highest BCUT2D eigenvalue weighted by Gasteiger charge is 2.27. The molecule has 1 aromatic carbocycles. The van der Waals surface area contributed by atoms with Crippen LogP contribution in [-0.4, -0.2) is 36.4 Å². The number of rotatable bonds is 5. The Hall–Kier alpha value is -2.15. The van der Waals surface area contributed by atoms with Crippen molar-refractivity contribution < 1.29 is 9.59 Å². The lowest BCUT2D eigenvalue weighted by Gasteiger charge is -2.34. The maximum atomic E-state index is 12.5. The highest BCUT2D eigenvalue weighted by molar-refractivity contribution is 6.04. The van der Waals surface area contributed by atoms with Crippen molar-refractivity contribution in [3.8, 4) is 0 Å². The first-order valence-corrected chi connectivity index (χ1v) is 8.86. The number of anilines is 1. The molecule has 6 nitrogen and oxygen atoms in total. The van der Waals surface area contributed by atoms with Gasteiger partial charge in [-0.1, -0.05) is 13.0 Å². The molecule has 3 N–H and O–H groups in total. The van der Waals surface area contributed by atoms with E-state index in [0.29, 0.717) is 23.4 Å². The van der Waals surface area contributed by atoms with Crippen molar-refractivity contribution in [3.63, 3.8) is 0 Å². The van der Waals surface area contributed by atoms with Crippen molar-refractivity contribution in [2.45, 2.75) is 19.8 Å². The zero-order chi connectivity index (χ0) is 18.4. The number of aromatic nitrogens is 1. The number of pyridine rings is 1. The summed E-state index contributed by atoms with van der Waals surface area (Å²) in [4.78, 5) is 28.6. The van der Waals surface area contributed by atoms with E-state index in [1.54, 1.807) is 42.6 Å². The number of nitrogens with zero attached hydrogens (tertiary/aromatic N) is 1. The highest BCUT2D eigenvalue weighted by Crippen LogP contribution is 2.26. The van der Waals surface area contributed by atoms with Crippen LogP contribution in [0.25, 0.3) is 0 Å². The Morgan fingerprint density at radius 2 is 1.79 bits per heavy atom. The van der Waals surface area contributed by atoms with Gasteiger partial charge in [-0.2, -0.15) is 0 Å². The summed E-state index contributed by atoms with van der Waals surface area (Å²) in [6.45, 7) is 4.84. The summed E-state index contributed by atoms with van der Waals surface area (Å²) in [7, 11) is 0. The molecular weight excluding hydrogens is 399 g/mol. The number of halogens is 2. The average molecular weight is 425 g/mol. The van der Waals surface area contributed by atoms with E-state index < -0.39 is 0 Å². The molecule has 1 saturated heterocycles. The van der Waals surface area contributed by atoms with E-state index in [-0.39, 0.29) is 42.0 Å². The molecule has 0 atom stereocenters. The molecule has 8 heteroatoms. The van der Waals surface area contributed by atoms with Crippen LogP contribution in [0.3, 0.4) is 0 Å². The van der Waals surface area contributed by atoms with E-state index in [4.69, 9.17) is 0 Å². The van der Waals surface area contributed by atoms with Gasteiger partial charge in [0, 0.05) is 30.2 Å². The molecule has 1 aliphatic rings. The molecule has 3 rings (SSSR count). The summed E-state index contributed by atoms with van der Waals surface area (Å²) in [5.41, 5.74) is 1.72. The summed E-state index contributed by atoms with van der Waals surface area (Å²) in [5.74, 6) is -0.375. The quantitative estimate of drug-likeness (QED) is 0.687. The number of amides is 2. The van der Waals surface area contributed by atoms with Crippen LogP contribution in [0.15, 0.2) is 48.8 Å². The Kier molecular flexibility index (Phi) is 9.38. The number of piperidine rings is 1. The summed E-state index contributed by atoms with van der Waals surface area (Å²) in [6.07, 6.45) is 5.22. The van der Waals surface area contributed by atoms with Gasteiger partial charge in [-0.05, 0) is 61.7 Å². The van der Waals surface area contributed by atoms with Crippen LogP contribution in [0.1, 0.15) is 40.5 Å². The molecule has 0 unspecified atom stereocenters. The SMILES string of the molecule is CC1(CNC(=O)c2cccc(NC(=O)c3cccnc3)c2)CCNCC1.Cl.Cl. The lowest BCUT2D eigenvalue weighted by atomic mass is 9.81. The first-order chi connectivity index (χ1) is 12.6. The van der Waals surface area contributed by atoms with Gasteiger partial charge < -0.3 is 16.0 Å². The van der Waals surface area contributed by atoms with Crippen LogP contribution < -0.4 is 16.0 Å². The summed E-state index contributed by atoms with van der Waals surface area (Å²) in [5, 5.41) is 9.17. The van der Waals surface area contributed by atoms with Gasteiger partial charge in [-0.3, -0.25) is 14.6 Å². The largest absolute Gasteiger partial charge is 0.351 e. The third kappa shape index (κ3) is 6.48. The fourth-order valence-corrected chi connectivity index (χ4v) is 3.04. The zero-order valence-electron chi connectivity index (χ0n) is 15.7. The molecule has 28 heavy (non-hydrogen) atoms. The predicted molar refractivity (Wildman–Crippen MR) is 116 cm³/mol. The van der Waals surface area contributed by atoms with Crippen LogP contribution >= 0.6 is 24.8 Å². The molecule has 1 aromatic heterocycles. The molecule has 2 aromatic rings. The van der Waals surface area contributed by atoms with Crippen LogP contribution in [0.2, 0.25) is 0 Å². The van der Waals surface area contributed by atoms with Gasteiger partial charge in [0.15, 0.2) is 0 Å². The molecule has 0 aliphatic carbocycles. The molecule has 0 spiro atoms. The Labute approximate surface area is 177 Å². The Balaban J connectivity index is 0.00000196. The third-order valence-electron chi connectivity index (χ3n) is 4.79. The second kappa shape index (κ2) is 11.0. The predicted octanol–water partition coefficient (Wildman–Crippen LogP) is 3.30. The van der Waals surface area contributed by atoms with Crippen molar-refractivity contribution in [1.82, 2.24) is 15.6 Å². The van der Waals surface area contributed by atoms with E-state index >= 15 is 0 Å². The van der Waals surface area contributed by atoms with Crippen LogP contribution in [0, 0.1) is 5.41 Å². The van der Waals surface area contributed by atoms with Gasteiger partial charge in [0.05, 0.1) is 5.56 Å². The number of carbonyl (C=O) groups excluding carboxylic acids is 2. The summed E-state index contributed by atoms with van der Waals surface area (Å²) in [6, 6.07) is 10.4. The second-order valence-corrected chi connectivity index (χ2v) is 7.02. The molecule has 2 heterocycles. The first-order valence-electron chi connectivity index (χ1n) is 8.86. The first kappa shape index (κ1) is 23.9. The molecular formula is C20H26Cl2N4O2. The molecule has 0 radical (unpaired) electrons. The van der Waals surface area contributed by atoms with Gasteiger partial charge in [0.2, 0.25) is 0 Å². The lowest BCUT2D eigenvalue weighted by Crippen LogP contribution is -2.42. The van der Waals surface area contributed by atoms with Crippen molar-refractivity contribution >= 4 is 42.3 Å². The van der Waals surface area contributed by atoms with Gasteiger partial charge in [0.25, 0.3) is 11.8 Å².